The molecule has 1 atom stereocenters. The smallest absolute Gasteiger partial charge is 0.214 e. The highest BCUT2D eigenvalue weighted by atomic mass is 32.2. The summed E-state index contributed by atoms with van der Waals surface area (Å²) in [4.78, 5) is 0. The minimum Gasteiger partial charge on any atom is -0.392 e. The number of nitrogens with zero attached hydrogens (tertiary/aromatic N) is 1. The Morgan fingerprint density at radius 3 is 2.47 bits per heavy atom. The monoisotopic (exact) mass is 233 g/mol. The summed E-state index contributed by atoms with van der Waals surface area (Å²) in [6, 6.07) is 0. The van der Waals surface area contributed by atoms with Crippen LogP contribution in [0.2, 0.25) is 0 Å². The predicted molar refractivity (Wildman–Crippen MR) is 57.9 cm³/mol. The molecule has 0 aromatic heterocycles. The molecular weight excluding hydrogens is 214 g/mol. The van der Waals surface area contributed by atoms with Gasteiger partial charge >= 0.3 is 0 Å². The van der Waals surface area contributed by atoms with Gasteiger partial charge in [-0.05, 0) is 31.6 Å². The molecule has 1 saturated heterocycles. The Hall–Kier alpha value is -0.130. The number of piperidine rings is 1. The first kappa shape index (κ1) is 11.4. The molecule has 15 heavy (non-hydrogen) atoms. The molecule has 2 fully saturated rings. The molecule has 0 radical (unpaired) electrons. The Bertz CT molecular complexity index is 311. The normalized spacial score (nSPS) is 30.1. The van der Waals surface area contributed by atoms with E-state index in [1.807, 2.05) is 0 Å². The van der Waals surface area contributed by atoms with Gasteiger partial charge in [0.25, 0.3) is 0 Å². The summed E-state index contributed by atoms with van der Waals surface area (Å²) >= 11 is 0. The quantitative estimate of drug-likeness (QED) is 0.775. The van der Waals surface area contributed by atoms with Crippen LogP contribution in [0.15, 0.2) is 0 Å². The molecule has 1 saturated carbocycles. The summed E-state index contributed by atoms with van der Waals surface area (Å²) in [7, 11) is -3.10. The minimum atomic E-state index is -3.10. The van der Waals surface area contributed by atoms with Gasteiger partial charge < -0.3 is 5.11 Å². The molecule has 2 rings (SSSR count). The largest absolute Gasteiger partial charge is 0.392 e. The standard InChI is InChI=1S/C10H19NO3S/c12-10-5-2-6-11(7-10)15(13,14)8-9-3-1-4-9/h9-10,12H,1-8H2. The number of sulfonamides is 1. The van der Waals surface area contributed by atoms with Crippen molar-refractivity contribution in [2.24, 2.45) is 5.92 Å². The first-order chi connectivity index (χ1) is 7.08. The molecule has 0 amide bonds. The van der Waals surface area contributed by atoms with Crippen LogP contribution in [0.3, 0.4) is 0 Å². The van der Waals surface area contributed by atoms with E-state index in [1.165, 1.54) is 10.7 Å². The molecule has 1 heterocycles. The lowest BCUT2D eigenvalue weighted by atomic mass is 9.87. The fourth-order valence-electron chi connectivity index (χ4n) is 2.24. The molecule has 1 aliphatic carbocycles. The van der Waals surface area contributed by atoms with Gasteiger partial charge in [-0.15, -0.1) is 0 Å². The van der Waals surface area contributed by atoms with Crippen molar-refractivity contribution in [2.75, 3.05) is 18.8 Å². The van der Waals surface area contributed by atoms with Crippen LogP contribution in [0, 0.1) is 5.92 Å². The van der Waals surface area contributed by atoms with E-state index in [-0.39, 0.29) is 0 Å². The van der Waals surface area contributed by atoms with Crippen LogP contribution in [0.25, 0.3) is 0 Å². The van der Waals surface area contributed by atoms with E-state index in [1.54, 1.807) is 0 Å². The highest BCUT2D eigenvalue weighted by molar-refractivity contribution is 7.89. The minimum absolute atomic E-state index is 0.291. The van der Waals surface area contributed by atoms with Crippen LogP contribution in [0.1, 0.15) is 32.1 Å². The lowest BCUT2D eigenvalue weighted by Gasteiger charge is -2.32. The van der Waals surface area contributed by atoms with Gasteiger partial charge in [0, 0.05) is 13.1 Å². The van der Waals surface area contributed by atoms with Crippen molar-refractivity contribution in [3.05, 3.63) is 0 Å². The van der Waals surface area contributed by atoms with Gasteiger partial charge in [0.05, 0.1) is 11.9 Å². The van der Waals surface area contributed by atoms with Crippen molar-refractivity contribution in [1.29, 1.82) is 0 Å². The Morgan fingerprint density at radius 1 is 1.20 bits per heavy atom. The van der Waals surface area contributed by atoms with Crippen molar-refractivity contribution < 1.29 is 13.5 Å². The van der Waals surface area contributed by atoms with Crippen LogP contribution in [0.5, 0.6) is 0 Å². The third-order valence-corrected chi connectivity index (χ3v) is 5.43. The third-order valence-electron chi connectivity index (χ3n) is 3.42. The topological polar surface area (TPSA) is 57.6 Å². The van der Waals surface area contributed by atoms with E-state index in [0.29, 0.717) is 24.8 Å². The fraction of sp³-hybridized carbons (Fsp3) is 1.00. The molecule has 0 bridgehead atoms. The van der Waals surface area contributed by atoms with Gasteiger partial charge in [0.2, 0.25) is 10.0 Å². The lowest BCUT2D eigenvalue weighted by molar-refractivity contribution is 0.107. The summed E-state index contributed by atoms with van der Waals surface area (Å²) in [5.41, 5.74) is 0. The second-order valence-electron chi connectivity index (χ2n) is 4.73. The Kier molecular flexibility index (Phi) is 3.33. The van der Waals surface area contributed by atoms with Crippen molar-refractivity contribution in [3.63, 3.8) is 0 Å². The number of β-amino-alcohol motifs (C(OH)–C–C–N with tert-alkyl or cyclic N) is 1. The maximum Gasteiger partial charge on any atom is 0.214 e. The molecule has 0 spiro atoms. The highest BCUT2D eigenvalue weighted by Crippen LogP contribution is 2.29. The van der Waals surface area contributed by atoms with E-state index < -0.39 is 16.1 Å². The first-order valence-corrected chi connectivity index (χ1v) is 7.35. The SMILES string of the molecule is O=S(=O)(CC1CCC1)N1CCCC(O)C1. The van der Waals surface area contributed by atoms with Crippen molar-refractivity contribution in [1.82, 2.24) is 4.31 Å². The third kappa shape index (κ3) is 2.71. The van der Waals surface area contributed by atoms with E-state index in [0.717, 1.165) is 25.7 Å². The van der Waals surface area contributed by atoms with E-state index >= 15 is 0 Å². The van der Waals surface area contributed by atoms with Gasteiger partial charge in [-0.1, -0.05) is 6.42 Å². The first-order valence-electron chi connectivity index (χ1n) is 5.74. The van der Waals surface area contributed by atoms with E-state index in [9.17, 15) is 13.5 Å². The number of hydrogen-bond donors (Lipinski definition) is 1. The fourth-order valence-corrected chi connectivity index (χ4v) is 4.18. The van der Waals surface area contributed by atoms with Gasteiger partial charge in [0.1, 0.15) is 0 Å². The molecule has 0 aromatic rings. The van der Waals surface area contributed by atoms with Gasteiger partial charge in [-0.2, -0.15) is 4.31 Å². The molecule has 0 aromatic carbocycles. The summed E-state index contributed by atoms with van der Waals surface area (Å²) in [6.45, 7) is 0.890. The van der Waals surface area contributed by atoms with Crippen LogP contribution in [0.4, 0.5) is 0 Å². The molecular formula is C10H19NO3S. The van der Waals surface area contributed by atoms with Crippen LogP contribution in [-0.4, -0.2) is 42.8 Å². The van der Waals surface area contributed by atoms with Gasteiger partial charge in [-0.25, -0.2) is 8.42 Å². The predicted octanol–water partition coefficient (Wildman–Crippen LogP) is 0.573. The van der Waals surface area contributed by atoms with E-state index in [2.05, 4.69) is 0 Å². The highest BCUT2D eigenvalue weighted by Gasteiger charge is 2.31. The second-order valence-corrected chi connectivity index (χ2v) is 6.74. The molecule has 2 aliphatic rings. The number of hydrogen-bond acceptors (Lipinski definition) is 3. The number of rotatable bonds is 3. The average Bonchev–Trinajstić information content (AvgIpc) is 2.12. The van der Waals surface area contributed by atoms with Crippen LogP contribution < -0.4 is 0 Å². The number of aliphatic hydroxyl groups excluding tert-OH is 1. The Balaban J connectivity index is 1.94. The summed E-state index contributed by atoms with van der Waals surface area (Å²) < 4.78 is 25.4. The van der Waals surface area contributed by atoms with Crippen molar-refractivity contribution >= 4 is 10.0 Å². The molecule has 4 nitrogen and oxygen atoms in total. The van der Waals surface area contributed by atoms with Crippen molar-refractivity contribution in [3.8, 4) is 0 Å². The summed E-state index contributed by atoms with van der Waals surface area (Å²) in [5.74, 6) is 0.661. The zero-order chi connectivity index (χ0) is 10.9. The zero-order valence-electron chi connectivity index (χ0n) is 8.93. The van der Waals surface area contributed by atoms with Gasteiger partial charge in [-0.3, -0.25) is 0 Å². The maximum atomic E-state index is 11.9. The maximum absolute atomic E-state index is 11.9. The van der Waals surface area contributed by atoms with Crippen molar-refractivity contribution in [2.45, 2.75) is 38.2 Å². The van der Waals surface area contributed by atoms with Crippen LogP contribution in [-0.2, 0) is 10.0 Å². The molecule has 88 valence electrons. The average molecular weight is 233 g/mol. The lowest BCUT2D eigenvalue weighted by Crippen LogP contribution is -2.44. The number of aliphatic hydroxyl groups is 1. The zero-order valence-corrected chi connectivity index (χ0v) is 9.75. The molecule has 1 N–H and O–H groups in total. The molecule has 5 heteroatoms. The van der Waals surface area contributed by atoms with Gasteiger partial charge in [0.15, 0.2) is 0 Å². The second kappa shape index (κ2) is 4.39. The van der Waals surface area contributed by atoms with E-state index in [4.69, 9.17) is 0 Å². The van der Waals surface area contributed by atoms with Crippen LogP contribution >= 0.6 is 0 Å². The molecule has 1 unspecified atom stereocenters. The summed E-state index contributed by atoms with van der Waals surface area (Å²) in [5, 5.41) is 9.44. The summed E-state index contributed by atoms with van der Waals surface area (Å²) in [6.07, 6.45) is 4.32. The Morgan fingerprint density at radius 2 is 1.93 bits per heavy atom. The molecule has 1 aliphatic heterocycles. The Labute approximate surface area is 91.3 Å².